The maximum Gasteiger partial charge on any atom is -0.0136 e. The second-order valence-electron chi connectivity index (χ2n) is 2.95. The molecule has 64 valence electrons. The lowest BCUT2D eigenvalue weighted by molar-refractivity contribution is 0.640. The third-order valence-electron chi connectivity index (χ3n) is 2.21. The molecule has 0 saturated heterocycles. The fourth-order valence-electron chi connectivity index (χ4n) is 1.12. The smallest absolute Gasteiger partial charge is 0.0136 e. The van der Waals surface area contributed by atoms with E-state index in [9.17, 15) is 0 Å². The zero-order valence-electron chi connectivity index (χ0n) is 8.22. The Morgan fingerprint density at radius 3 is 2.36 bits per heavy atom. The zero-order chi connectivity index (χ0) is 8.69. The van der Waals surface area contributed by atoms with Crippen LogP contribution in [-0.4, -0.2) is 0 Å². The summed E-state index contributed by atoms with van der Waals surface area (Å²) < 4.78 is 0. The zero-order valence-corrected chi connectivity index (χ0v) is 8.22. The molecule has 0 aromatic carbocycles. The van der Waals surface area contributed by atoms with Gasteiger partial charge in [-0.15, -0.1) is 0 Å². The largest absolute Gasteiger partial charge is 0.0913 e. The molecule has 0 radical (unpaired) electrons. The van der Waals surface area contributed by atoms with Crippen molar-refractivity contribution < 1.29 is 0 Å². The van der Waals surface area contributed by atoms with Crippen LogP contribution in [0.15, 0.2) is 23.8 Å². The first kappa shape index (κ1) is 10.5. The number of rotatable bonds is 4. The van der Waals surface area contributed by atoms with Gasteiger partial charge in [-0.3, -0.25) is 0 Å². The number of allylic oxidation sites excluding steroid dienone is 4. The van der Waals surface area contributed by atoms with E-state index in [0.717, 1.165) is 12.3 Å². The quantitative estimate of drug-likeness (QED) is 0.535. The summed E-state index contributed by atoms with van der Waals surface area (Å²) in [6, 6.07) is 0. The van der Waals surface area contributed by atoms with Crippen LogP contribution in [0, 0.1) is 5.92 Å². The van der Waals surface area contributed by atoms with Gasteiger partial charge in [-0.1, -0.05) is 37.6 Å². The molecule has 0 aliphatic rings. The van der Waals surface area contributed by atoms with Crippen molar-refractivity contribution in [2.75, 3.05) is 0 Å². The van der Waals surface area contributed by atoms with Crippen LogP contribution in [0.1, 0.15) is 40.5 Å². The lowest BCUT2D eigenvalue weighted by Gasteiger charge is -2.10. The summed E-state index contributed by atoms with van der Waals surface area (Å²) in [4.78, 5) is 0. The minimum atomic E-state index is 0.746. The van der Waals surface area contributed by atoms with Crippen LogP contribution in [0.3, 0.4) is 0 Å². The number of hydrogen-bond donors (Lipinski definition) is 0. The normalized spacial score (nSPS) is 15.8. The Bertz CT molecular complexity index is 140. The van der Waals surface area contributed by atoms with E-state index in [1.165, 1.54) is 6.42 Å². The van der Waals surface area contributed by atoms with Gasteiger partial charge in [-0.25, -0.2) is 0 Å². The van der Waals surface area contributed by atoms with Gasteiger partial charge >= 0.3 is 0 Å². The van der Waals surface area contributed by atoms with E-state index >= 15 is 0 Å². The highest BCUT2D eigenvalue weighted by molar-refractivity contribution is 5.08. The molecule has 0 rings (SSSR count). The fraction of sp³-hybridized carbons (Fsp3) is 0.636. The van der Waals surface area contributed by atoms with Gasteiger partial charge in [0.25, 0.3) is 0 Å². The van der Waals surface area contributed by atoms with Crippen LogP contribution in [0.4, 0.5) is 0 Å². The molecule has 0 aliphatic carbocycles. The second kappa shape index (κ2) is 6.21. The first-order valence-electron chi connectivity index (χ1n) is 4.52. The van der Waals surface area contributed by atoms with Crippen LogP contribution in [0.2, 0.25) is 0 Å². The van der Waals surface area contributed by atoms with Gasteiger partial charge in [0.2, 0.25) is 0 Å². The standard InChI is InChI=1S/C11H20/c1-5-8-9-11(7-3)10(4)6-2/h5,7-8,10H,6,9H2,1-4H3. The highest BCUT2D eigenvalue weighted by Gasteiger charge is 2.02. The van der Waals surface area contributed by atoms with Crippen LogP contribution >= 0.6 is 0 Å². The van der Waals surface area contributed by atoms with E-state index in [4.69, 9.17) is 0 Å². The minimum Gasteiger partial charge on any atom is -0.0913 e. The Morgan fingerprint density at radius 2 is 2.00 bits per heavy atom. The van der Waals surface area contributed by atoms with Gasteiger partial charge in [0.05, 0.1) is 0 Å². The summed E-state index contributed by atoms with van der Waals surface area (Å²) in [7, 11) is 0. The molecule has 0 N–H and O–H groups in total. The average molecular weight is 152 g/mol. The molecule has 0 aliphatic heterocycles. The maximum absolute atomic E-state index is 2.29. The molecular formula is C11H20. The van der Waals surface area contributed by atoms with Crippen molar-refractivity contribution >= 4 is 0 Å². The predicted molar refractivity (Wildman–Crippen MR) is 52.6 cm³/mol. The summed E-state index contributed by atoms with van der Waals surface area (Å²) in [6.07, 6.45) is 8.96. The van der Waals surface area contributed by atoms with E-state index in [1.54, 1.807) is 5.57 Å². The van der Waals surface area contributed by atoms with E-state index in [1.807, 2.05) is 0 Å². The minimum absolute atomic E-state index is 0.746. The molecule has 0 heteroatoms. The first-order chi connectivity index (χ1) is 5.26. The Kier molecular flexibility index (Phi) is 5.91. The van der Waals surface area contributed by atoms with Crippen molar-refractivity contribution in [3.05, 3.63) is 23.8 Å². The van der Waals surface area contributed by atoms with Crippen molar-refractivity contribution in [2.24, 2.45) is 5.92 Å². The molecule has 0 fully saturated rings. The van der Waals surface area contributed by atoms with Crippen molar-refractivity contribution in [3.8, 4) is 0 Å². The Morgan fingerprint density at radius 1 is 1.36 bits per heavy atom. The molecule has 1 unspecified atom stereocenters. The SMILES string of the molecule is CC=CCC(=CC)C(C)CC. The third-order valence-corrected chi connectivity index (χ3v) is 2.21. The lowest BCUT2D eigenvalue weighted by atomic mass is 9.95. The highest BCUT2D eigenvalue weighted by Crippen LogP contribution is 2.17. The lowest BCUT2D eigenvalue weighted by Crippen LogP contribution is -1.95. The average Bonchev–Trinajstić information content (AvgIpc) is 2.05. The van der Waals surface area contributed by atoms with E-state index in [0.29, 0.717) is 0 Å². The van der Waals surface area contributed by atoms with E-state index < -0.39 is 0 Å². The maximum atomic E-state index is 2.29. The molecule has 11 heavy (non-hydrogen) atoms. The van der Waals surface area contributed by atoms with E-state index in [-0.39, 0.29) is 0 Å². The molecule has 0 bridgehead atoms. The van der Waals surface area contributed by atoms with Crippen LogP contribution < -0.4 is 0 Å². The molecule has 0 heterocycles. The molecule has 0 aromatic heterocycles. The molecule has 0 nitrogen and oxygen atoms in total. The Labute approximate surface area is 71.0 Å². The molecule has 0 aromatic rings. The summed E-state index contributed by atoms with van der Waals surface area (Å²) in [5, 5.41) is 0. The van der Waals surface area contributed by atoms with Crippen molar-refractivity contribution in [1.29, 1.82) is 0 Å². The van der Waals surface area contributed by atoms with Crippen LogP contribution in [-0.2, 0) is 0 Å². The van der Waals surface area contributed by atoms with Gasteiger partial charge in [0.15, 0.2) is 0 Å². The van der Waals surface area contributed by atoms with E-state index in [2.05, 4.69) is 45.9 Å². The topological polar surface area (TPSA) is 0 Å². The fourth-order valence-corrected chi connectivity index (χ4v) is 1.12. The summed E-state index contributed by atoms with van der Waals surface area (Å²) in [6.45, 7) is 8.73. The van der Waals surface area contributed by atoms with Gasteiger partial charge in [-0.2, -0.15) is 0 Å². The van der Waals surface area contributed by atoms with Gasteiger partial charge in [0, 0.05) is 0 Å². The van der Waals surface area contributed by atoms with Crippen LogP contribution in [0.5, 0.6) is 0 Å². The Balaban J connectivity index is 3.96. The second-order valence-corrected chi connectivity index (χ2v) is 2.95. The van der Waals surface area contributed by atoms with Crippen molar-refractivity contribution in [3.63, 3.8) is 0 Å². The predicted octanol–water partition coefficient (Wildman–Crippen LogP) is 3.95. The van der Waals surface area contributed by atoms with Crippen molar-refractivity contribution in [2.45, 2.75) is 40.5 Å². The molecule has 0 amide bonds. The molecular weight excluding hydrogens is 132 g/mol. The summed E-state index contributed by atoms with van der Waals surface area (Å²) >= 11 is 0. The van der Waals surface area contributed by atoms with Gasteiger partial charge in [-0.05, 0) is 32.6 Å². The van der Waals surface area contributed by atoms with Crippen molar-refractivity contribution in [1.82, 2.24) is 0 Å². The summed E-state index contributed by atoms with van der Waals surface area (Å²) in [5.74, 6) is 0.746. The van der Waals surface area contributed by atoms with Gasteiger partial charge < -0.3 is 0 Å². The highest BCUT2D eigenvalue weighted by atomic mass is 14.1. The van der Waals surface area contributed by atoms with Gasteiger partial charge in [0.1, 0.15) is 0 Å². The molecule has 1 atom stereocenters. The molecule has 0 saturated carbocycles. The third kappa shape index (κ3) is 4.02. The van der Waals surface area contributed by atoms with Crippen LogP contribution in [0.25, 0.3) is 0 Å². The first-order valence-corrected chi connectivity index (χ1v) is 4.52. The molecule has 0 spiro atoms. The monoisotopic (exact) mass is 152 g/mol. The summed E-state index contributed by atoms with van der Waals surface area (Å²) in [5.41, 5.74) is 1.56. The Hall–Kier alpha value is -0.520. The number of hydrogen-bond acceptors (Lipinski definition) is 0.